The third-order valence-electron chi connectivity index (χ3n) is 5.03. The van der Waals surface area contributed by atoms with E-state index in [1.807, 2.05) is 0 Å². The van der Waals surface area contributed by atoms with Crippen molar-refractivity contribution in [2.24, 2.45) is 0 Å². The molecule has 0 saturated carbocycles. The zero-order chi connectivity index (χ0) is 22.5. The fourth-order valence-corrected chi connectivity index (χ4v) is 3.53. The molecule has 1 unspecified atom stereocenters. The Hall–Kier alpha value is -2.94. The van der Waals surface area contributed by atoms with E-state index >= 15 is 0 Å². The molecule has 8 nitrogen and oxygen atoms in total. The fraction of sp³-hybridized carbons (Fsp3) is 0.318. The number of ether oxygens (including phenoxy) is 3. The largest absolute Gasteiger partial charge is 0.497 e. The lowest BCUT2D eigenvalue weighted by molar-refractivity contribution is -0.128. The average Bonchev–Trinajstić information content (AvgIpc) is 3.08. The van der Waals surface area contributed by atoms with E-state index in [1.54, 1.807) is 48.5 Å². The molecule has 0 N–H and O–H groups in total. The van der Waals surface area contributed by atoms with E-state index in [9.17, 15) is 14.4 Å². The van der Waals surface area contributed by atoms with Gasteiger partial charge >= 0.3 is 0 Å². The Bertz CT molecular complexity index is 961. The number of hydrogen-bond acceptors (Lipinski definition) is 6. The summed E-state index contributed by atoms with van der Waals surface area (Å²) in [7, 11) is 4.37. The molecule has 3 rings (SSSR count). The first-order valence-electron chi connectivity index (χ1n) is 9.52. The second kappa shape index (κ2) is 9.91. The minimum Gasteiger partial charge on any atom is -0.497 e. The monoisotopic (exact) mass is 446 g/mol. The molecule has 0 spiro atoms. The van der Waals surface area contributed by atoms with Crippen LogP contribution >= 0.6 is 11.6 Å². The molecule has 164 valence electrons. The Morgan fingerprint density at radius 1 is 1.13 bits per heavy atom. The summed E-state index contributed by atoms with van der Waals surface area (Å²) in [5, 5.41) is 0.484. The van der Waals surface area contributed by atoms with Gasteiger partial charge in [-0.15, -0.1) is 0 Å². The first kappa shape index (κ1) is 22.7. The number of halogens is 1. The van der Waals surface area contributed by atoms with Crippen molar-refractivity contribution < 1.29 is 28.6 Å². The molecule has 9 heteroatoms. The van der Waals surface area contributed by atoms with Crippen LogP contribution in [0.4, 0.5) is 5.69 Å². The van der Waals surface area contributed by atoms with Crippen molar-refractivity contribution in [3.8, 4) is 5.75 Å². The van der Waals surface area contributed by atoms with Crippen LogP contribution in [0.1, 0.15) is 16.8 Å². The third kappa shape index (κ3) is 4.87. The first-order valence-corrected chi connectivity index (χ1v) is 9.90. The van der Waals surface area contributed by atoms with Gasteiger partial charge in [0.1, 0.15) is 11.8 Å². The quantitative estimate of drug-likeness (QED) is 0.458. The number of carbonyl (C=O) groups is 3. The fourth-order valence-electron chi connectivity index (χ4n) is 3.40. The molecular weight excluding hydrogens is 424 g/mol. The molecule has 3 amide bonds. The van der Waals surface area contributed by atoms with Gasteiger partial charge in [-0.05, 0) is 42.5 Å². The maximum atomic E-state index is 13.4. The van der Waals surface area contributed by atoms with Crippen LogP contribution in [0.25, 0.3) is 0 Å². The smallest absolute Gasteiger partial charge is 0.257 e. The van der Waals surface area contributed by atoms with Crippen LogP contribution in [0.3, 0.4) is 0 Å². The normalized spacial score (nSPS) is 16.2. The van der Waals surface area contributed by atoms with E-state index in [2.05, 4.69) is 0 Å². The summed E-state index contributed by atoms with van der Waals surface area (Å²) in [6.07, 6.45) is -0.931. The zero-order valence-electron chi connectivity index (χ0n) is 17.4. The number of amides is 3. The van der Waals surface area contributed by atoms with E-state index < -0.39 is 30.1 Å². The predicted octanol–water partition coefficient (Wildman–Crippen LogP) is 2.74. The molecule has 1 saturated heterocycles. The van der Waals surface area contributed by atoms with Crippen molar-refractivity contribution in [2.75, 3.05) is 32.8 Å². The summed E-state index contributed by atoms with van der Waals surface area (Å²) < 4.78 is 15.7. The summed E-state index contributed by atoms with van der Waals surface area (Å²) >= 11 is 5.91. The number of methoxy groups -OCH3 is 3. The standard InChI is InChI=1S/C22H23ClN2O6/c1-29-17-6-4-5-14(11-17)21(27)24(13-20(30-2)31-3)18-12-19(26)25(22(18)28)16-9-7-15(23)8-10-16/h4-11,18,20H,12-13H2,1-3H3. The highest BCUT2D eigenvalue weighted by Gasteiger charge is 2.45. The van der Waals surface area contributed by atoms with Crippen molar-refractivity contribution in [3.05, 3.63) is 59.1 Å². The molecule has 1 atom stereocenters. The lowest BCUT2D eigenvalue weighted by Crippen LogP contribution is -2.49. The zero-order valence-corrected chi connectivity index (χ0v) is 18.2. The molecule has 0 radical (unpaired) electrons. The number of benzene rings is 2. The van der Waals surface area contributed by atoms with Gasteiger partial charge in [0.05, 0.1) is 25.8 Å². The Morgan fingerprint density at radius 3 is 2.42 bits per heavy atom. The van der Waals surface area contributed by atoms with E-state index in [-0.39, 0.29) is 13.0 Å². The van der Waals surface area contributed by atoms with Gasteiger partial charge in [-0.25, -0.2) is 4.90 Å². The van der Waals surface area contributed by atoms with Crippen LogP contribution in [-0.4, -0.2) is 62.8 Å². The maximum Gasteiger partial charge on any atom is 0.257 e. The summed E-state index contributed by atoms with van der Waals surface area (Å²) in [6.45, 7) is -0.0405. The minimum absolute atomic E-state index is 0.0405. The Morgan fingerprint density at radius 2 is 1.81 bits per heavy atom. The van der Waals surface area contributed by atoms with Gasteiger partial charge in [0.15, 0.2) is 6.29 Å². The molecule has 2 aromatic rings. The molecule has 31 heavy (non-hydrogen) atoms. The second-order valence-corrected chi connectivity index (χ2v) is 7.29. The summed E-state index contributed by atoms with van der Waals surface area (Å²) in [4.78, 5) is 41.7. The summed E-state index contributed by atoms with van der Waals surface area (Å²) in [5.74, 6) is -0.860. The summed E-state index contributed by atoms with van der Waals surface area (Å²) in [6, 6.07) is 11.9. The van der Waals surface area contributed by atoms with E-state index in [0.717, 1.165) is 4.90 Å². The van der Waals surface area contributed by atoms with Gasteiger partial charge in [0, 0.05) is 24.8 Å². The maximum absolute atomic E-state index is 13.4. The number of carbonyl (C=O) groups excluding carboxylic acids is 3. The average molecular weight is 447 g/mol. The molecule has 1 aliphatic rings. The molecule has 0 bridgehead atoms. The lowest BCUT2D eigenvalue weighted by atomic mass is 10.1. The minimum atomic E-state index is -1.00. The van der Waals surface area contributed by atoms with Gasteiger partial charge in [0.25, 0.3) is 11.8 Å². The molecule has 0 aliphatic carbocycles. The van der Waals surface area contributed by atoms with Crippen molar-refractivity contribution >= 4 is 35.0 Å². The predicted molar refractivity (Wildman–Crippen MR) is 114 cm³/mol. The topological polar surface area (TPSA) is 85.4 Å². The first-order chi connectivity index (χ1) is 14.9. The van der Waals surface area contributed by atoms with Crippen LogP contribution < -0.4 is 9.64 Å². The Kier molecular flexibility index (Phi) is 7.27. The lowest BCUT2D eigenvalue weighted by Gasteiger charge is -2.30. The molecule has 1 aliphatic heterocycles. The van der Waals surface area contributed by atoms with Gasteiger partial charge < -0.3 is 19.1 Å². The van der Waals surface area contributed by atoms with E-state index in [0.29, 0.717) is 22.0 Å². The number of imide groups is 1. The molecule has 1 heterocycles. The molecule has 1 fully saturated rings. The summed E-state index contributed by atoms with van der Waals surface area (Å²) in [5.41, 5.74) is 0.709. The number of rotatable bonds is 8. The highest BCUT2D eigenvalue weighted by atomic mass is 35.5. The van der Waals surface area contributed by atoms with Gasteiger partial charge in [-0.1, -0.05) is 17.7 Å². The second-order valence-electron chi connectivity index (χ2n) is 6.85. The van der Waals surface area contributed by atoms with Crippen molar-refractivity contribution in [1.82, 2.24) is 4.90 Å². The van der Waals surface area contributed by atoms with Crippen LogP contribution in [0.15, 0.2) is 48.5 Å². The highest BCUT2D eigenvalue weighted by molar-refractivity contribution is 6.31. The van der Waals surface area contributed by atoms with Gasteiger partial charge in [-0.2, -0.15) is 0 Å². The van der Waals surface area contributed by atoms with Crippen LogP contribution in [0.2, 0.25) is 5.02 Å². The van der Waals surface area contributed by atoms with Crippen molar-refractivity contribution in [3.63, 3.8) is 0 Å². The van der Waals surface area contributed by atoms with Gasteiger partial charge in [0.2, 0.25) is 5.91 Å². The van der Waals surface area contributed by atoms with Crippen molar-refractivity contribution in [2.45, 2.75) is 18.8 Å². The number of nitrogens with zero attached hydrogens (tertiary/aromatic N) is 2. The van der Waals surface area contributed by atoms with Crippen molar-refractivity contribution in [1.29, 1.82) is 0 Å². The number of hydrogen-bond donors (Lipinski definition) is 0. The van der Waals surface area contributed by atoms with Gasteiger partial charge in [-0.3, -0.25) is 14.4 Å². The number of anilines is 1. The molecular formula is C22H23ClN2O6. The third-order valence-corrected chi connectivity index (χ3v) is 5.28. The van der Waals surface area contributed by atoms with Crippen LogP contribution in [0.5, 0.6) is 5.75 Å². The van der Waals surface area contributed by atoms with Crippen LogP contribution in [0, 0.1) is 0 Å². The van der Waals surface area contributed by atoms with E-state index in [1.165, 1.54) is 26.2 Å². The van der Waals surface area contributed by atoms with E-state index in [4.69, 9.17) is 25.8 Å². The molecule has 2 aromatic carbocycles. The Balaban J connectivity index is 1.95. The highest BCUT2D eigenvalue weighted by Crippen LogP contribution is 2.28. The molecule has 0 aromatic heterocycles. The Labute approximate surface area is 185 Å². The SMILES string of the molecule is COc1cccc(C(=O)N(CC(OC)OC)C2CC(=O)N(c3ccc(Cl)cc3)C2=O)c1. The van der Waals surface area contributed by atoms with Crippen LogP contribution in [-0.2, 0) is 19.1 Å².